The number of ether oxygens (including phenoxy) is 1. The monoisotopic (exact) mass is 298 g/mol. The zero-order valence-electron chi connectivity index (χ0n) is 10.6. The molecule has 7 heteroatoms. The minimum Gasteiger partial charge on any atom is -0.381 e. The second-order valence-electron chi connectivity index (χ2n) is 4.99. The minimum atomic E-state index is -3.11. The maximum Gasteiger partial charge on any atom is 0.211 e. The van der Waals surface area contributed by atoms with Crippen molar-refractivity contribution in [1.82, 2.24) is 10.0 Å². The summed E-state index contributed by atoms with van der Waals surface area (Å²) < 4.78 is 31.4. The van der Waals surface area contributed by atoms with Gasteiger partial charge in [0, 0.05) is 19.2 Å². The van der Waals surface area contributed by atoms with Crippen molar-refractivity contribution in [3.63, 3.8) is 0 Å². The smallest absolute Gasteiger partial charge is 0.211 e. The average Bonchev–Trinajstić information content (AvgIpc) is 2.89. The van der Waals surface area contributed by atoms with Crippen LogP contribution in [0.2, 0.25) is 0 Å². The zero-order valence-corrected chi connectivity index (χ0v) is 12.2. The van der Waals surface area contributed by atoms with Crippen LogP contribution in [0.4, 0.5) is 0 Å². The summed E-state index contributed by atoms with van der Waals surface area (Å²) in [6, 6.07) is 0.493. The third-order valence-electron chi connectivity index (χ3n) is 3.46. The molecule has 0 aromatic rings. The Kier molecular flexibility index (Phi) is 6.87. The van der Waals surface area contributed by atoms with Crippen LogP contribution in [0.25, 0.3) is 0 Å². The molecule has 0 aliphatic carbocycles. The number of hydrogen-bond acceptors (Lipinski definition) is 4. The summed E-state index contributed by atoms with van der Waals surface area (Å²) in [5, 5.41) is 3.36. The molecule has 5 nitrogen and oxygen atoms in total. The lowest BCUT2D eigenvalue weighted by Crippen LogP contribution is -2.34. The molecule has 2 heterocycles. The fourth-order valence-corrected chi connectivity index (χ4v) is 3.91. The van der Waals surface area contributed by atoms with Gasteiger partial charge in [-0.1, -0.05) is 0 Å². The molecular weight excluding hydrogens is 276 g/mol. The van der Waals surface area contributed by atoms with Crippen molar-refractivity contribution in [3.05, 3.63) is 0 Å². The average molecular weight is 299 g/mol. The second-order valence-corrected chi connectivity index (χ2v) is 6.84. The van der Waals surface area contributed by atoms with E-state index >= 15 is 0 Å². The summed E-state index contributed by atoms with van der Waals surface area (Å²) in [5.74, 6) is 0.391. The molecule has 1 unspecified atom stereocenters. The highest BCUT2D eigenvalue weighted by Crippen LogP contribution is 2.14. The first-order valence-corrected chi connectivity index (χ1v) is 8.09. The van der Waals surface area contributed by atoms with Crippen LogP contribution in [0.5, 0.6) is 0 Å². The van der Waals surface area contributed by atoms with Gasteiger partial charge in [-0.15, -0.1) is 12.4 Å². The summed E-state index contributed by atoms with van der Waals surface area (Å²) in [6.07, 6.45) is 4.13. The van der Waals surface area contributed by atoms with Crippen molar-refractivity contribution < 1.29 is 13.2 Å². The predicted octanol–water partition coefficient (Wildman–Crippen LogP) is 0.506. The van der Waals surface area contributed by atoms with Gasteiger partial charge >= 0.3 is 0 Å². The molecule has 0 radical (unpaired) electrons. The van der Waals surface area contributed by atoms with Crippen molar-refractivity contribution >= 4 is 22.4 Å². The fraction of sp³-hybridized carbons (Fsp3) is 1.00. The van der Waals surface area contributed by atoms with E-state index in [-0.39, 0.29) is 24.1 Å². The van der Waals surface area contributed by atoms with Gasteiger partial charge in [-0.3, -0.25) is 0 Å². The molecular formula is C11H23ClN2O3S. The molecule has 2 atom stereocenters. The molecule has 0 amide bonds. The van der Waals surface area contributed by atoms with Crippen LogP contribution in [0, 0.1) is 5.92 Å². The van der Waals surface area contributed by atoms with Gasteiger partial charge in [0.2, 0.25) is 10.0 Å². The standard InChI is InChI=1S/C11H22N2O3S.ClH/c14-17(15,9-10-4-7-16-8-10)13-6-3-11-2-1-5-12-11;/h10-13H,1-9H2;1H/t10?,11-;/m1./s1. The third kappa shape index (κ3) is 5.40. The van der Waals surface area contributed by atoms with Gasteiger partial charge < -0.3 is 10.1 Å². The molecule has 0 bridgehead atoms. The van der Waals surface area contributed by atoms with Crippen molar-refractivity contribution in [2.75, 3.05) is 32.1 Å². The molecule has 2 aliphatic rings. The first-order chi connectivity index (χ1) is 8.16. The Hall–Kier alpha value is 0.120. The van der Waals surface area contributed by atoms with Crippen molar-refractivity contribution in [3.8, 4) is 0 Å². The SMILES string of the molecule is Cl.O=S(=O)(CC1CCOC1)NCC[C@H]1CCCN1. The van der Waals surface area contributed by atoms with Gasteiger partial charge in [0.15, 0.2) is 0 Å². The lowest BCUT2D eigenvalue weighted by Gasteiger charge is -2.12. The maximum absolute atomic E-state index is 11.8. The minimum absolute atomic E-state index is 0. The molecule has 2 rings (SSSR count). The molecule has 2 aliphatic heterocycles. The van der Waals surface area contributed by atoms with Crippen LogP contribution < -0.4 is 10.0 Å². The highest BCUT2D eigenvalue weighted by Gasteiger charge is 2.23. The van der Waals surface area contributed by atoms with Gasteiger partial charge in [-0.25, -0.2) is 13.1 Å². The third-order valence-corrected chi connectivity index (χ3v) is 5.01. The predicted molar refractivity (Wildman–Crippen MR) is 73.6 cm³/mol. The molecule has 0 saturated carbocycles. The van der Waals surface area contributed by atoms with Gasteiger partial charge in [0.05, 0.1) is 12.4 Å². The van der Waals surface area contributed by atoms with E-state index in [9.17, 15) is 8.42 Å². The molecule has 18 heavy (non-hydrogen) atoms. The van der Waals surface area contributed by atoms with E-state index in [2.05, 4.69) is 10.0 Å². The Bertz CT molecular complexity index is 325. The number of rotatable bonds is 6. The van der Waals surface area contributed by atoms with Crippen LogP contribution in [-0.2, 0) is 14.8 Å². The summed E-state index contributed by atoms with van der Waals surface area (Å²) in [4.78, 5) is 0. The first-order valence-electron chi connectivity index (χ1n) is 6.44. The molecule has 0 spiro atoms. The number of hydrogen-bond donors (Lipinski definition) is 2. The van der Waals surface area contributed by atoms with Crippen LogP contribution in [0.3, 0.4) is 0 Å². The van der Waals surface area contributed by atoms with E-state index in [0.717, 1.165) is 25.8 Å². The maximum atomic E-state index is 11.8. The molecule has 2 fully saturated rings. The van der Waals surface area contributed by atoms with E-state index in [1.165, 1.54) is 6.42 Å². The summed E-state index contributed by atoms with van der Waals surface area (Å²) in [6.45, 7) is 2.90. The quantitative estimate of drug-likeness (QED) is 0.750. The zero-order chi connectivity index (χ0) is 12.1. The number of nitrogens with one attached hydrogen (secondary N) is 2. The van der Waals surface area contributed by atoms with Gasteiger partial charge in [0.25, 0.3) is 0 Å². The van der Waals surface area contributed by atoms with Crippen LogP contribution >= 0.6 is 12.4 Å². The van der Waals surface area contributed by atoms with Crippen molar-refractivity contribution in [1.29, 1.82) is 0 Å². The Labute approximate surface area is 116 Å². The molecule has 0 aromatic carbocycles. The normalized spacial score (nSPS) is 28.2. The van der Waals surface area contributed by atoms with Crippen LogP contribution in [0.1, 0.15) is 25.7 Å². The van der Waals surface area contributed by atoms with Gasteiger partial charge in [0.1, 0.15) is 0 Å². The summed E-state index contributed by atoms with van der Waals surface area (Å²) >= 11 is 0. The molecule has 108 valence electrons. The lowest BCUT2D eigenvalue weighted by atomic mass is 10.2. The number of halogens is 1. The topological polar surface area (TPSA) is 67.4 Å². The Balaban J connectivity index is 0.00000162. The first kappa shape index (κ1) is 16.2. The van der Waals surface area contributed by atoms with Gasteiger partial charge in [-0.05, 0) is 38.1 Å². The molecule has 2 N–H and O–H groups in total. The Morgan fingerprint density at radius 1 is 1.33 bits per heavy atom. The van der Waals surface area contributed by atoms with Crippen molar-refractivity contribution in [2.45, 2.75) is 31.7 Å². The van der Waals surface area contributed by atoms with E-state index in [0.29, 0.717) is 25.8 Å². The van der Waals surface area contributed by atoms with E-state index in [1.807, 2.05) is 0 Å². The summed E-state index contributed by atoms with van der Waals surface area (Å²) in [7, 11) is -3.11. The van der Waals surface area contributed by atoms with E-state index in [1.54, 1.807) is 0 Å². The van der Waals surface area contributed by atoms with Crippen LogP contribution in [-0.4, -0.2) is 46.5 Å². The van der Waals surface area contributed by atoms with Gasteiger partial charge in [-0.2, -0.15) is 0 Å². The summed E-state index contributed by atoms with van der Waals surface area (Å²) in [5.41, 5.74) is 0. The molecule has 2 saturated heterocycles. The van der Waals surface area contributed by atoms with E-state index < -0.39 is 10.0 Å². The highest BCUT2D eigenvalue weighted by molar-refractivity contribution is 7.89. The lowest BCUT2D eigenvalue weighted by molar-refractivity contribution is 0.188. The van der Waals surface area contributed by atoms with E-state index in [4.69, 9.17) is 4.74 Å². The molecule has 0 aromatic heterocycles. The second kappa shape index (κ2) is 7.65. The highest BCUT2D eigenvalue weighted by atomic mass is 35.5. The largest absolute Gasteiger partial charge is 0.381 e. The number of sulfonamides is 1. The Morgan fingerprint density at radius 2 is 2.17 bits per heavy atom. The Morgan fingerprint density at radius 3 is 2.78 bits per heavy atom. The fourth-order valence-electron chi connectivity index (χ4n) is 2.48. The van der Waals surface area contributed by atoms with Crippen LogP contribution in [0.15, 0.2) is 0 Å². The van der Waals surface area contributed by atoms with Crippen molar-refractivity contribution in [2.24, 2.45) is 5.92 Å².